The number of alkyl carbamates (subject to hydrolysis) is 1. The lowest BCUT2D eigenvalue weighted by Crippen LogP contribution is -2.52. The van der Waals surface area contributed by atoms with Gasteiger partial charge in [0, 0.05) is 31.1 Å². The molecule has 3 unspecified atom stereocenters. The minimum absolute atomic E-state index is 0.0459. The molecule has 3 atom stereocenters. The van der Waals surface area contributed by atoms with Crippen LogP contribution in [-0.4, -0.2) is 102 Å². The number of hydrogen-bond donors (Lipinski definition) is 5. The molecule has 63 heavy (non-hydrogen) atoms. The van der Waals surface area contributed by atoms with Crippen LogP contribution in [0.2, 0.25) is 0 Å². The highest BCUT2D eigenvalue weighted by molar-refractivity contribution is 5.89. The molecule has 13 heteroatoms. The van der Waals surface area contributed by atoms with E-state index in [2.05, 4.69) is 25.4 Å². The SMILES string of the molecule is O=C(NC(c1ccccc1)c1cccc(OCC2CCN(Cc3ccc(C(=O)OCCCCNCC(O)c4ccc(O)c5[nH]c(=O)ccc45)cc3)CC2)c1)OC1CN2CCC1CC2. The first-order chi connectivity index (χ1) is 30.8. The molecule has 5 heterocycles. The molecule has 2 bridgehead atoms. The Hall–Kier alpha value is -5.73. The Balaban J connectivity index is 0.724. The van der Waals surface area contributed by atoms with Crippen molar-refractivity contribution in [2.45, 2.75) is 63.3 Å². The number of rotatable bonds is 18. The van der Waals surface area contributed by atoms with E-state index < -0.39 is 6.10 Å². The van der Waals surface area contributed by atoms with E-state index in [9.17, 15) is 24.6 Å². The molecule has 1 amide bonds. The molecular formula is C50H59N5O8. The number of benzene rings is 4. The number of amides is 1. The highest BCUT2D eigenvalue weighted by Crippen LogP contribution is 2.32. The van der Waals surface area contributed by atoms with Gasteiger partial charge in [0.25, 0.3) is 0 Å². The number of ether oxygens (including phenoxy) is 3. The third kappa shape index (κ3) is 11.7. The van der Waals surface area contributed by atoms with Gasteiger partial charge in [-0.15, -0.1) is 0 Å². The number of hydrogen-bond acceptors (Lipinski definition) is 11. The van der Waals surface area contributed by atoms with Gasteiger partial charge in [-0.25, -0.2) is 9.59 Å². The van der Waals surface area contributed by atoms with Gasteiger partial charge in [0.15, 0.2) is 0 Å². The van der Waals surface area contributed by atoms with Crippen LogP contribution < -0.4 is 20.9 Å². The van der Waals surface area contributed by atoms with E-state index in [0.29, 0.717) is 66.6 Å². The Morgan fingerprint density at radius 3 is 2.38 bits per heavy atom. The van der Waals surface area contributed by atoms with Crippen LogP contribution in [0.1, 0.15) is 83.3 Å². The van der Waals surface area contributed by atoms with E-state index in [0.717, 1.165) is 93.8 Å². The number of fused-ring (bicyclic) bond motifs is 4. The Morgan fingerprint density at radius 1 is 0.841 bits per heavy atom. The number of unbranched alkanes of at least 4 members (excludes halogenated alkanes) is 1. The number of esters is 1. The summed E-state index contributed by atoms with van der Waals surface area (Å²) in [5.41, 5.74) is 4.19. The Labute approximate surface area is 368 Å². The van der Waals surface area contributed by atoms with Crippen molar-refractivity contribution in [3.8, 4) is 11.5 Å². The minimum atomic E-state index is -0.828. The summed E-state index contributed by atoms with van der Waals surface area (Å²) in [5.74, 6) is 1.27. The number of aliphatic hydroxyl groups excluding tert-OH is 1. The van der Waals surface area contributed by atoms with Gasteiger partial charge < -0.3 is 40.0 Å². The van der Waals surface area contributed by atoms with Crippen molar-refractivity contribution in [1.29, 1.82) is 0 Å². The number of pyridine rings is 1. The van der Waals surface area contributed by atoms with Gasteiger partial charge in [-0.2, -0.15) is 0 Å². The van der Waals surface area contributed by atoms with Crippen molar-refractivity contribution in [2.75, 3.05) is 59.0 Å². The highest BCUT2D eigenvalue weighted by atomic mass is 16.6. The van der Waals surface area contributed by atoms with Crippen LogP contribution in [0.25, 0.3) is 10.9 Å². The van der Waals surface area contributed by atoms with Crippen LogP contribution in [0.5, 0.6) is 11.5 Å². The zero-order valence-corrected chi connectivity index (χ0v) is 35.8. The molecule has 332 valence electrons. The van der Waals surface area contributed by atoms with Crippen LogP contribution in [0.4, 0.5) is 4.79 Å². The molecule has 4 fully saturated rings. The number of aromatic nitrogens is 1. The van der Waals surface area contributed by atoms with E-state index in [4.69, 9.17) is 14.2 Å². The summed E-state index contributed by atoms with van der Waals surface area (Å²) in [6, 6.07) is 31.4. The number of H-pyrrole nitrogens is 1. The molecule has 0 aliphatic carbocycles. The predicted octanol–water partition coefficient (Wildman–Crippen LogP) is 6.69. The first-order valence-electron chi connectivity index (χ1n) is 22.4. The van der Waals surface area contributed by atoms with Gasteiger partial charge in [-0.1, -0.05) is 60.7 Å². The molecule has 5 aromatic rings. The van der Waals surface area contributed by atoms with Crippen LogP contribution in [-0.2, 0) is 16.0 Å². The van der Waals surface area contributed by atoms with Crippen molar-refractivity contribution < 1.29 is 34.0 Å². The second-order valence-electron chi connectivity index (χ2n) is 17.2. The number of aromatic amines is 1. The molecule has 0 saturated carbocycles. The molecule has 0 radical (unpaired) electrons. The number of nitrogens with zero attached hydrogens (tertiary/aromatic N) is 2. The smallest absolute Gasteiger partial charge is 0.408 e. The van der Waals surface area contributed by atoms with E-state index in [1.165, 1.54) is 12.1 Å². The molecule has 1 aromatic heterocycles. The Kier molecular flexibility index (Phi) is 14.7. The quantitative estimate of drug-likeness (QED) is 0.0471. The first-order valence-corrected chi connectivity index (χ1v) is 22.4. The minimum Gasteiger partial charge on any atom is -0.506 e. The summed E-state index contributed by atoms with van der Waals surface area (Å²) in [7, 11) is 0. The van der Waals surface area contributed by atoms with E-state index in [-0.39, 0.29) is 35.5 Å². The monoisotopic (exact) mass is 857 g/mol. The number of aromatic hydroxyl groups is 1. The molecule has 0 spiro atoms. The van der Waals surface area contributed by atoms with E-state index in [1.54, 1.807) is 12.1 Å². The molecular weight excluding hydrogens is 799 g/mol. The lowest BCUT2D eigenvalue weighted by Gasteiger charge is -2.43. The van der Waals surface area contributed by atoms with Crippen LogP contribution >= 0.6 is 0 Å². The average molecular weight is 858 g/mol. The molecule has 13 nitrogen and oxygen atoms in total. The van der Waals surface area contributed by atoms with Crippen molar-refractivity contribution in [3.63, 3.8) is 0 Å². The number of phenolic OH excluding ortho intramolecular Hbond substituents is 1. The highest BCUT2D eigenvalue weighted by Gasteiger charge is 2.37. The topological polar surface area (TPSA) is 166 Å². The number of piperidine rings is 4. The average Bonchev–Trinajstić information content (AvgIpc) is 3.31. The van der Waals surface area contributed by atoms with E-state index >= 15 is 0 Å². The maximum atomic E-state index is 13.3. The molecule has 4 aromatic carbocycles. The van der Waals surface area contributed by atoms with Crippen molar-refractivity contribution in [2.24, 2.45) is 11.8 Å². The maximum Gasteiger partial charge on any atom is 0.408 e. The fraction of sp³-hybridized carbons (Fsp3) is 0.420. The van der Waals surface area contributed by atoms with Gasteiger partial charge in [-0.05, 0) is 142 Å². The van der Waals surface area contributed by atoms with Crippen molar-refractivity contribution in [1.82, 2.24) is 25.4 Å². The fourth-order valence-electron chi connectivity index (χ4n) is 9.15. The van der Waals surface area contributed by atoms with Gasteiger partial charge in [0.1, 0.15) is 17.6 Å². The largest absolute Gasteiger partial charge is 0.506 e. The number of aliphatic hydroxyl groups is 1. The predicted molar refractivity (Wildman–Crippen MR) is 241 cm³/mol. The molecule has 4 aliphatic heterocycles. The fourth-order valence-corrected chi connectivity index (χ4v) is 9.15. The number of likely N-dealkylation sites (tertiary alicyclic amines) is 1. The van der Waals surface area contributed by atoms with Gasteiger partial charge >= 0.3 is 12.1 Å². The van der Waals surface area contributed by atoms with E-state index in [1.807, 2.05) is 78.9 Å². The Bertz CT molecular complexity index is 2340. The third-order valence-electron chi connectivity index (χ3n) is 12.8. The summed E-state index contributed by atoms with van der Waals surface area (Å²) in [5, 5.41) is 27.8. The Morgan fingerprint density at radius 2 is 1.62 bits per heavy atom. The summed E-state index contributed by atoms with van der Waals surface area (Å²) >= 11 is 0. The number of carbonyl (C=O) groups is 2. The number of nitrogens with one attached hydrogen (secondary N) is 3. The van der Waals surface area contributed by atoms with Crippen molar-refractivity contribution >= 4 is 23.0 Å². The molecule has 9 rings (SSSR count). The lowest BCUT2D eigenvalue weighted by atomic mass is 9.86. The van der Waals surface area contributed by atoms with Crippen LogP contribution in [0.3, 0.4) is 0 Å². The third-order valence-corrected chi connectivity index (χ3v) is 12.8. The van der Waals surface area contributed by atoms with Gasteiger partial charge in [0.05, 0.1) is 36.4 Å². The molecule has 5 N–H and O–H groups in total. The normalized spacial score (nSPS) is 19.9. The summed E-state index contributed by atoms with van der Waals surface area (Å²) in [6.45, 7) is 7.59. The summed E-state index contributed by atoms with van der Waals surface area (Å²) < 4.78 is 17.9. The first kappa shape index (κ1) is 43.9. The number of phenols is 1. The lowest BCUT2D eigenvalue weighted by molar-refractivity contribution is -0.0336. The second kappa shape index (κ2) is 21.1. The van der Waals surface area contributed by atoms with Crippen LogP contribution in [0.15, 0.2) is 108 Å². The van der Waals surface area contributed by atoms with Gasteiger partial charge in [0.2, 0.25) is 5.56 Å². The standard InChI is InChI=1S/C50H59N5O8/c56-43-17-15-41(42-16-18-46(58)52-48(42)43)44(57)30-51-23-4-5-28-61-49(59)38-13-11-34(12-14-38)31-54-24-19-35(20-25-54)33-62-40-10-6-9-39(29-40)47(37-7-2-1-3-8-37)53-50(60)63-45-32-55-26-21-36(45)22-27-55/h1-3,6-18,29,35-36,44-45,47,51,56-57H,4-5,19-28,30-33H2,(H,52,58)(H,53,60). The molecule has 4 aliphatic rings. The zero-order chi connectivity index (χ0) is 43.5. The maximum absolute atomic E-state index is 13.3. The second-order valence-corrected chi connectivity index (χ2v) is 17.2. The summed E-state index contributed by atoms with van der Waals surface area (Å²) in [4.78, 5) is 45.1. The molecule has 4 saturated heterocycles. The van der Waals surface area contributed by atoms with Crippen LogP contribution in [0, 0.1) is 11.8 Å². The van der Waals surface area contributed by atoms with Gasteiger partial charge in [-0.3, -0.25) is 14.6 Å². The van der Waals surface area contributed by atoms with Crippen molar-refractivity contribution in [3.05, 3.63) is 141 Å². The number of carbonyl (C=O) groups excluding carboxylic acids is 2. The summed E-state index contributed by atoms with van der Waals surface area (Å²) in [6.07, 6.45) is 4.38. The zero-order valence-electron chi connectivity index (χ0n) is 35.8.